The summed E-state index contributed by atoms with van der Waals surface area (Å²) >= 11 is 1.69. The van der Waals surface area contributed by atoms with Gasteiger partial charge in [0.2, 0.25) is 0 Å². The van der Waals surface area contributed by atoms with Crippen LogP contribution in [0.5, 0.6) is 0 Å². The Morgan fingerprint density at radius 2 is 2.17 bits per heavy atom. The molecule has 23 heavy (non-hydrogen) atoms. The molecule has 1 saturated heterocycles. The predicted molar refractivity (Wildman–Crippen MR) is 90.1 cm³/mol. The van der Waals surface area contributed by atoms with Crippen LogP contribution >= 0.6 is 11.8 Å². The third kappa shape index (κ3) is 2.95. The Balaban J connectivity index is 1.97. The number of aliphatic carboxylic acids is 1. The monoisotopic (exact) mass is 333 g/mol. The number of furan rings is 1. The second-order valence-corrected chi connectivity index (χ2v) is 6.98. The van der Waals surface area contributed by atoms with E-state index >= 15 is 0 Å². The molecule has 0 spiro atoms. The molecule has 1 aromatic heterocycles. The SMILES string of the molecule is Cc1c(C(=O)N2CCSCC2CC(=O)O)oc2c(C)cccc12. The van der Waals surface area contributed by atoms with E-state index in [0.29, 0.717) is 18.1 Å². The Hall–Kier alpha value is -1.95. The van der Waals surface area contributed by atoms with Crippen molar-refractivity contribution in [2.24, 2.45) is 0 Å². The van der Waals surface area contributed by atoms with Crippen molar-refractivity contribution in [2.75, 3.05) is 18.1 Å². The molecular formula is C17H19NO4S. The molecule has 122 valence electrons. The van der Waals surface area contributed by atoms with Crippen LogP contribution < -0.4 is 0 Å². The fraction of sp³-hybridized carbons (Fsp3) is 0.412. The zero-order chi connectivity index (χ0) is 16.6. The number of amides is 1. The molecule has 6 heteroatoms. The van der Waals surface area contributed by atoms with E-state index in [1.54, 1.807) is 16.7 Å². The number of aryl methyl sites for hydroxylation is 2. The normalized spacial score (nSPS) is 18.3. The Morgan fingerprint density at radius 1 is 1.39 bits per heavy atom. The highest BCUT2D eigenvalue weighted by atomic mass is 32.2. The molecule has 1 atom stereocenters. The highest BCUT2D eigenvalue weighted by Crippen LogP contribution is 2.30. The first kappa shape index (κ1) is 15.9. The molecule has 3 rings (SSSR count). The number of carbonyl (C=O) groups excluding carboxylic acids is 1. The number of thioether (sulfide) groups is 1. The van der Waals surface area contributed by atoms with Crippen LogP contribution in [-0.2, 0) is 4.79 Å². The number of benzene rings is 1. The maximum atomic E-state index is 12.9. The van der Waals surface area contributed by atoms with E-state index < -0.39 is 5.97 Å². The van der Waals surface area contributed by atoms with Crippen LogP contribution in [0.25, 0.3) is 11.0 Å². The van der Waals surface area contributed by atoms with Gasteiger partial charge in [-0.1, -0.05) is 18.2 Å². The predicted octanol–water partition coefficient (Wildman–Crippen LogP) is 3.08. The lowest BCUT2D eigenvalue weighted by molar-refractivity contribution is -0.138. The summed E-state index contributed by atoms with van der Waals surface area (Å²) in [6.45, 7) is 4.38. The summed E-state index contributed by atoms with van der Waals surface area (Å²) in [5.41, 5.74) is 2.54. The summed E-state index contributed by atoms with van der Waals surface area (Å²) in [6, 6.07) is 5.55. The lowest BCUT2D eigenvalue weighted by Gasteiger charge is -2.34. The number of carboxylic acid groups (broad SMARTS) is 1. The molecule has 1 aliphatic rings. The number of para-hydroxylation sites is 1. The first-order valence-electron chi connectivity index (χ1n) is 7.58. The van der Waals surface area contributed by atoms with Gasteiger partial charge >= 0.3 is 5.97 Å². The number of rotatable bonds is 3. The van der Waals surface area contributed by atoms with Crippen LogP contribution in [0.1, 0.15) is 28.1 Å². The molecule has 2 aromatic rings. The average Bonchev–Trinajstić information content (AvgIpc) is 2.85. The molecule has 0 saturated carbocycles. The molecule has 1 amide bonds. The molecule has 2 heterocycles. The second kappa shape index (κ2) is 6.28. The molecule has 1 aliphatic heterocycles. The zero-order valence-electron chi connectivity index (χ0n) is 13.2. The summed E-state index contributed by atoms with van der Waals surface area (Å²) in [6.07, 6.45) is -0.0307. The van der Waals surface area contributed by atoms with E-state index in [1.165, 1.54) is 0 Å². The minimum Gasteiger partial charge on any atom is -0.481 e. The summed E-state index contributed by atoms with van der Waals surface area (Å²) in [5.74, 6) is 0.713. The van der Waals surface area contributed by atoms with E-state index in [0.717, 1.165) is 27.8 Å². The second-order valence-electron chi connectivity index (χ2n) is 5.83. The molecule has 1 aromatic carbocycles. The fourth-order valence-corrected chi connectivity index (χ4v) is 4.07. The molecular weight excluding hydrogens is 314 g/mol. The summed E-state index contributed by atoms with van der Waals surface area (Å²) in [4.78, 5) is 25.6. The van der Waals surface area contributed by atoms with E-state index in [1.807, 2.05) is 32.0 Å². The van der Waals surface area contributed by atoms with Gasteiger partial charge in [0.1, 0.15) is 5.58 Å². The summed E-state index contributed by atoms with van der Waals surface area (Å²) < 4.78 is 5.85. The highest BCUT2D eigenvalue weighted by Gasteiger charge is 2.32. The number of fused-ring (bicyclic) bond motifs is 1. The van der Waals surface area contributed by atoms with E-state index in [4.69, 9.17) is 9.52 Å². The number of carboxylic acids is 1. The Kier molecular flexibility index (Phi) is 4.35. The molecule has 0 aliphatic carbocycles. The van der Waals surface area contributed by atoms with Crippen molar-refractivity contribution in [3.63, 3.8) is 0 Å². The minimum atomic E-state index is -0.882. The summed E-state index contributed by atoms with van der Waals surface area (Å²) in [5, 5.41) is 10.0. The van der Waals surface area contributed by atoms with Crippen molar-refractivity contribution in [3.8, 4) is 0 Å². The molecule has 1 N–H and O–H groups in total. The van der Waals surface area contributed by atoms with Crippen molar-refractivity contribution in [1.29, 1.82) is 0 Å². The molecule has 0 bridgehead atoms. The Labute approximate surface area is 138 Å². The van der Waals surface area contributed by atoms with E-state index in [9.17, 15) is 9.59 Å². The van der Waals surface area contributed by atoms with Gasteiger partial charge in [-0.3, -0.25) is 9.59 Å². The van der Waals surface area contributed by atoms with Crippen LogP contribution in [0.3, 0.4) is 0 Å². The van der Waals surface area contributed by atoms with Gasteiger partial charge in [-0.05, 0) is 19.4 Å². The minimum absolute atomic E-state index is 0.0307. The van der Waals surface area contributed by atoms with Gasteiger partial charge in [0.25, 0.3) is 5.91 Å². The third-order valence-electron chi connectivity index (χ3n) is 4.25. The maximum absolute atomic E-state index is 12.9. The van der Waals surface area contributed by atoms with Gasteiger partial charge < -0.3 is 14.4 Å². The van der Waals surface area contributed by atoms with Crippen molar-refractivity contribution in [1.82, 2.24) is 4.90 Å². The number of hydrogen-bond acceptors (Lipinski definition) is 4. The standard InChI is InChI=1S/C17H19NO4S/c1-10-4-3-5-13-11(2)16(22-15(10)13)17(21)18-6-7-23-9-12(18)8-14(19)20/h3-5,12H,6-9H2,1-2H3,(H,19,20). The molecule has 1 fully saturated rings. The smallest absolute Gasteiger partial charge is 0.305 e. The first-order valence-corrected chi connectivity index (χ1v) is 8.73. The topological polar surface area (TPSA) is 70.8 Å². The van der Waals surface area contributed by atoms with Gasteiger partial charge in [0.15, 0.2) is 5.76 Å². The van der Waals surface area contributed by atoms with Gasteiger partial charge in [-0.2, -0.15) is 11.8 Å². The van der Waals surface area contributed by atoms with Gasteiger partial charge in [-0.25, -0.2) is 0 Å². The Bertz CT molecular complexity index is 767. The van der Waals surface area contributed by atoms with Gasteiger partial charge in [-0.15, -0.1) is 0 Å². The lowest BCUT2D eigenvalue weighted by Crippen LogP contribution is -2.47. The highest BCUT2D eigenvalue weighted by molar-refractivity contribution is 7.99. The number of carbonyl (C=O) groups is 2. The van der Waals surface area contributed by atoms with Crippen LogP contribution in [0.4, 0.5) is 0 Å². The van der Waals surface area contributed by atoms with Crippen molar-refractivity contribution >= 4 is 34.6 Å². The molecule has 0 radical (unpaired) electrons. The first-order chi connectivity index (χ1) is 11.0. The maximum Gasteiger partial charge on any atom is 0.305 e. The van der Waals surface area contributed by atoms with Crippen LogP contribution in [0, 0.1) is 13.8 Å². The third-order valence-corrected chi connectivity index (χ3v) is 5.35. The summed E-state index contributed by atoms with van der Waals surface area (Å²) in [7, 11) is 0. The van der Waals surface area contributed by atoms with E-state index in [-0.39, 0.29) is 18.4 Å². The van der Waals surface area contributed by atoms with E-state index in [2.05, 4.69) is 0 Å². The number of hydrogen-bond donors (Lipinski definition) is 1. The van der Waals surface area contributed by atoms with Gasteiger partial charge in [0.05, 0.1) is 12.5 Å². The Morgan fingerprint density at radius 3 is 2.87 bits per heavy atom. The fourth-order valence-electron chi connectivity index (χ4n) is 3.01. The average molecular weight is 333 g/mol. The van der Waals surface area contributed by atoms with Crippen molar-refractivity contribution < 1.29 is 19.1 Å². The molecule has 5 nitrogen and oxygen atoms in total. The zero-order valence-corrected chi connectivity index (χ0v) is 14.0. The van der Waals surface area contributed by atoms with Crippen LogP contribution in [-0.4, -0.2) is 46.0 Å². The largest absolute Gasteiger partial charge is 0.481 e. The van der Waals surface area contributed by atoms with Crippen molar-refractivity contribution in [2.45, 2.75) is 26.3 Å². The van der Waals surface area contributed by atoms with Crippen molar-refractivity contribution in [3.05, 3.63) is 35.1 Å². The van der Waals surface area contributed by atoms with Crippen LogP contribution in [0.15, 0.2) is 22.6 Å². The molecule has 1 unspecified atom stereocenters. The van der Waals surface area contributed by atoms with Crippen LogP contribution in [0.2, 0.25) is 0 Å². The van der Waals surface area contributed by atoms with Gasteiger partial charge in [0, 0.05) is 29.0 Å². The quantitative estimate of drug-likeness (QED) is 0.934. The lowest BCUT2D eigenvalue weighted by atomic mass is 10.1. The number of nitrogens with zero attached hydrogens (tertiary/aromatic N) is 1.